The van der Waals surface area contributed by atoms with Crippen LogP contribution in [0.15, 0.2) is 41.3 Å². The lowest BCUT2D eigenvalue weighted by Gasteiger charge is -2.28. The standard InChI is InChI=1S/C16H20O4SSi/c1-12(22-11-5-4-10-20-22)16-14-7-3-2-6-13(14)8-9-15(16)21(17,18)19/h2-3,6-9,12,22H,4-5,10-11H2,1H3,(H,17,18,19). The van der Waals surface area contributed by atoms with Gasteiger partial charge in [-0.05, 0) is 40.4 Å². The summed E-state index contributed by atoms with van der Waals surface area (Å²) in [5.74, 6) is 0. The van der Waals surface area contributed by atoms with Crippen molar-refractivity contribution in [2.24, 2.45) is 0 Å². The normalized spacial score (nSPS) is 20.9. The summed E-state index contributed by atoms with van der Waals surface area (Å²) in [5.41, 5.74) is 0.766. The van der Waals surface area contributed by atoms with Crippen molar-refractivity contribution < 1.29 is 17.4 Å². The second kappa shape index (κ2) is 6.12. The summed E-state index contributed by atoms with van der Waals surface area (Å²) in [6.45, 7) is 2.81. The first-order valence-electron chi connectivity index (χ1n) is 7.59. The first kappa shape index (κ1) is 15.7. The highest BCUT2D eigenvalue weighted by Crippen LogP contribution is 2.35. The molecular weight excluding hydrogens is 316 g/mol. The van der Waals surface area contributed by atoms with Gasteiger partial charge in [0.2, 0.25) is 0 Å². The van der Waals surface area contributed by atoms with Crippen molar-refractivity contribution in [3.05, 3.63) is 42.0 Å². The zero-order chi connectivity index (χ0) is 15.7. The summed E-state index contributed by atoms with van der Waals surface area (Å²) < 4.78 is 39.2. The summed E-state index contributed by atoms with van der Waals surface area (Å²) in [6.07, 6.45) is 2.23. The third-order valence-electron chi connectivity index (χ3n) is 4.44. The van der Waals surface area contributed by atoms with Crippen LogP contribution in [0.25, 0.3) is 10.8 Å². The number of benzene rings is 2. The quantitative estimate of drug-likeness (QED) is 0.690. The van der Waals surface area contributed by atoms with Gasteiger partial charge in [-0.2, -0.15) is 8.42 Å². The van der Waals surface area contributed by atoms with E-state index in [0.29, 0.717) is 0 Å². The van der Waals surface area contributed by atoms with E-state index in [2.05, 4.69) is 0 Å². The predicted molar refractivity (Wildman–Crippen MR) is 89.3 cm³/mol. The largest absolute Gasteiger partial charge is 0.419 e. The molecule has 2 unspecified atom stereocenters. The molecule has 4 nitrogen and oxygen atoms in total. The van der Waals surface area contributed by atoms with Crippen LogP contribution < -0.4 is 0 Å². The fraction of sp³-hybridized carbons (Fsp3) is 0.375. The van der Waals surface area contributed by atoms with Crippen LogP contribution in [0.4, 0.5) is 0 Å². The Kier molecular flexibility index (Phi) is 4.36. The highest BCUT2D eigenvalue weighted by atomic mass is 32.2. The van der Waals surface area contributed by atoms with Crippen LogP contribution in [0.5, 0.6) is 0 Å². The molecule has 22 heavy (non-hydrogen) atoms. The minimum absolute atomic E-state index is 0.0281. The SMILES string of the molecule is CC(c1c(S(=O)(=O)O)ccc2ccccc12)[SiH]1CCCCO1. The fourth-order valence-electron chi connectivity index (χ4n) is 3.32. The smallest absolute Gasteiger partial charge is 0.294 e. The van der Waals surface area contributed by atoms with E-state index in [1.54, 1.807) is 6.07 Å². The van der Waals surface area contributed by atoms with Crippen molar-refractivity contribution in [1.29, 1.82) is 0 Å². The van der Waals surface area contributed by atoms with Crippen LogP contribution in [-0.4, -0.2) is 28.6 Å². The number of hydrogen-bond acceptors (Lipinski definition) is 3. The lowest BCUT2D eigenvalue weighted by molar-refractivity contribution is 0.281. The summed E-state index contributed by atoms with van der Waals surface area (Å²) in [7, 11) is -5.77. The average molecular weight is 336 g/mol. The maximum absolute atomic E-state index is 11.8. The van der Waals surface area contributed by atoms with Gasteiger partial charge >= 0.3 is 0 Å². The molecule has 0 amide bonds. The molecule has 1 N–H and O–H groups in total. The van der Waals surface area contributed by atoms with Crippen LogP contribution in [0, 0.1) is 0 Å². The van der Waals surface area contributed by atoms with Crippen LogP contribution >= 0.6 is 0 Å². The summed E-state index contributed by atoms with van der Waals surface area (Å²) in [6, 6.07) is 12.0. The molecule has 2 aromatic rings. The van der Waals surface area contributed by atoms with Gasteiger partial charge in [0.15, 0.2) is 9.04 Å². The Balaban J connectivity index is 2.19. The summed E-state index contributed by atoms with van der Waals surface area (Å²) >= 11 is 0. The van der Waals surface area contributed by atoms with Crippen molar-refractivity contribution in [3.63, 3.8) is 0 Å². The molecule has 0 aliphatic carbocycles. The van der Waals surface area contributed by atoms with Gasteiger partial charge in [0.05, 0.1) is 4.90 Å². The third-order valence-corrected chi connectivity index (χ3v) is 8.44. The Labute approximate surface area is 132 Å². The molecule has 0 bridgehead atoms. The second-order valence-electron chi connectivity index (χ2n) is 5.87. The fourth-order valence-corrected chi connectivity index (χ4v) is 7.10. The molecule has 1 fully saturated rings. The third kappa shape index (κ3) is 2.96. The molecule has 1 heterocycles. The number of hydrogen-bond donors (Lipinski definition) is 1. The van der Waals surface area contributed by atoms with E-state index in [4.69, 9.17) is 4.43 Å². The molecule has 6 heteroatoms. The van der Waals surface area contributed by atoms with Crippen LogP contribution in [0.2, 0.25) is 6.04 Å². The first-order chi connectivity index (χ1) is 10.5. The lowest BCUT2D eigenvalue weighted by Crippen LogP contribution is -2.30. The van der Waals surface area contributed by atoms with E-state index in [1.807, 2.05) is 31.2 Å². The van der Waals surface area contributed by atoms with Crippen LogP contribution in [0.1, 0.15) is 30.9 Å². The zero-order valence-electron chi connectivity index (χ0n) is 12.5. The van der Waals surface area contributed by atoms with Crippen molar-refractivity contribution in [1.82, 2.24) is 0 Å². The van der Waals surface area contributed by atoms with Gasteiger partial charge in [0.1, 0.15) is 0 Å². The first-order valence-corrected chi connectivity index (χ1v) is 11.0. The molecule has 1 aliphatic rings. The van der Waals surface area contributed by atoms with Gasteiger partial charge in [-0.15, -0.1) is 0 Å². The Morgan fingerprint density at radius 2 is 1.95 bits per heavy atom. The second-order valence-corrected chi connectivity index (χ2v) is 10.2. The average Bonchev–Trinajstić information content (AvgIpc) is 2.53. The maximum Gasteiger partial charge on any atom is 0.294 e. The Morgan fingerprint density at radius 3 is 2.64 bits per heavy atom. The van der Waals surface area contributed by atoms with Gasteiger partial charge in [0.25, 0.3) is 10.1 Å². The Morgan fingerprint density at radius 1 is 1.18 bits per heavy atom. The van der Waals surface area contributed by atoms with E-state index >= 15 is 0 Å². The Hall–Kier alpha value is -1.21. The van der Waals surface area contributed by atoms with E-state index in [0.717, 1.165) is 41.8 Å². The molecular formula is C16H20O4SSi. The summed E-state index contributed by atoms with van der Waals surface area (Å²) in [4.78, 5) is 0.0281. The number of fused-ring (bicyclic) bond motifs is 1. The van der Waals surface area contributed by atoms with E-state index < -0.39 is 19.2 Å². The molecule has 2 aromatic carbocycles. The van der Waals surface area contributed by atoms with Crippen molar-refractivity contribution in [2.45, 2.75) is 36.2 Å². The van der Waals surface area contributed by atoms with Gasteiger partial charge in [0, 0.05) is 6.61 Å². The predicted octanol–water partition coefficient (Wildman–Crippen LogP) is 3.26. The Bertz CT molecular complexity index is 782. The van der Waals surface area contributed by atoms with Gasteiger partial charge in [-0.25, -0.2) is 0 Å². The molecule has 0 aromatic heterocycles. The van der Waals surface area contributed by atoms with Gasteiger partial charge < -0.3 is 4.43 Å². The molecule has 0 spiro atoms. The summed E-state index contributed by atoms with van der Waals surface area (Å²) in [5, 5.41) is 1.88. The molecule has 1 saturated heterocycles. The maximum atomic E-state index is 11.8. The monoisotopic (exact) mass is 336 g/mol. The minimum Gasteiger partial charge on any atom is -0.419 e. The highest BCUT2D eigenvalue weighted by molar-refractivity contribution is 7.85. The minimum atomic E-state index is -4.24. The van der Waals surface area contributed by atoms with Crippen LogP contribution in [-0.2, 0) is 14.5 Å². The van der Waals surface area contributed by atoms with Gasteiger partial charge in [-0.1, -0.05) is 43.7 Å². The topological polar surface area (TPSA) is 63.6 Å². The molecule has 1 aliphatic heterocycles. The van der Waals surface area contributed by atoms with Crippen molar-refractivity contribution in [2.75, 3.05) is 6.61 Å². The lowest BCUT2D eigenvalue weighted by atomic mass is 10.0. The van der Waals surface area contributed by atoms with Gasteiger partial charge in [-0.3, -0.25) is 4.55 Å². The molecule has 118 valence electrons. The molecule has 3 rings (SSSR count). The van der Waals surface area contributed by atoms with E-state index in [9.17, 15) is 13.0 Å². The zero-order valence-corrected chi connectivity index (χ0v) is 14.5. The van der Waals surface area contributed by atoms with Crippen molar-refractivity contribution >= 4 is 29.9 Å². The van der Waals surface area contributed by atoms with E-state index in [-0.39, 0.29) is 10.4 Å². The van der Waals surface area contributed by atoms with Crippen molar-refractivity contribution in [3.8, 4) is 0 Å². The highest BCUT2D eigenvalue weighted by Gasteiger charge is 2.30. The molecule has 0 radical (unpaired) electrons. The molecule has 0 saturated carbocycles. The van der Waals surface area contributed by atoms with Crippen LogP contribution in [0.3, 0.4) is 0 Å². The number of rotatable bonds is 3. The molecule has 2 atom stereocenters. The van der Waals surface area contributed by atoms with E-state index in [1.165, 1.54) is 6.07 Å².